The smallest absolute Gasteiger partial charge is 0.119 e. The number of thiophene rings is 1. The molecule has 0 atom stereocenters. The standard InChI is InChI=1S/C30H31NO2S/c1-3-22-19-31(20-22)16-7-17-33-26-13-10-24(11-14-26)29-27-15-12-25(32)18-28(27)34-30(29)21(2)23-8-5-4-6-9-23/h4-6,8-15,18,22,32H,2-3,7,16-17,19-20H2,1H3. The van der Waals surface area contributed by atoms with Crippen LogP contribution in [-0.4, -0.2) is 36.2 Å². The summed E-state index contributed by atoms with van der Waals surface area (Å²) >= 11 is 1.67. The van der Waals surface area contributed by atoms with E-state index in [1.54, 1.807) is 17.4 Å². The zero-order chi connectivity index (χ0) is 23.5. The van der Waals surface area contributed by atoms with E-state index in [0.717, 1.165) is 68.5 Å². The van der Waals surface area contributed by atoms with Crippen molar-refractivity contribution >= 4 is 27.0 Å². The first-order valence-corrected chi connectivity index (χ1v) is 12.9. The van der Waals surface area contributed by atoms with Gasteiger partial charge >= 0.3 is 0 Å². The first-order chi connectivity index (χ1) is 16.6. The molecule has 5 rings (SSSR count). The van der Waals surface area contributed by atoms with Gasteiger partial charge in [0.2, 0.25) is 0 Å². The number of rotatable bonds is 9. The van der Waals surface area contributed by atoms with Crippen LogP contribution < -0.4 is 4.74 Å². The van der Waals surface area contributed by atoms with E-state index in [1.165, 1.54) is 19.5 Å². The van der Waals surface area contributed by atoms with E-state index in [1.807, 2.05) is 30.3 Å². The van der Waals surface area contributed by atoms with Crippen LogP contribution in [0.3, 0.4) is 0 Å². The third kappa shape index (κ3) is 4.75. The van der Waals surface area contributed by atoms with Gasteiger partial charge in [0.25, 0.3) is 0 Å². The molecule has 4 aromatic rings. The van der Waals surface area contributed by atoms with Crippen molar-refractivity contribution < 1.29 is 9.84 Å². The number of nitrogens with zero attached hydrogens (tertiary/aromatic N) is 1. The van der Waals surface area contributed by atoms with Gasteiger partial charge < -0.3 is 14.7 Å². The molecule has 4 heteroatoms. The highest BCUT2D eigenvalue weighted by Gasteiger charge is 2.24. The number of aromatic hydroxyl groups is 1. The molecular weight excluding hydrogens is 438 g/mol. The van der Waals surface area contributed by atoms with Crippen molar-refractivity contribution in [3.8, 4) is 22.6 Å². The lowest BCUT2D eigenvalue weighted by molar-refractivity contribution is 0.0909. The van der Waals surface area contributed by atoms with E-state index in [9.17, 15) is 5.11 Å². The molecule has 174 valence electrons. The monoisotopic (exact) mass is 469 g/mol. The Labute approximate surface area is 205 Å². The van der Waals surface area contributed by atoms with Gasteiger partial charge in [0, 0.05) is 40.2 Å². The summed E-state index contributed by atoms with van der Waals surface area (Å²) in [5, 5.41) is 11.2. The molecule has 2 heterocycles. The summed E-state index contributed by atoms with van der Waals surface area (Å²) in [5.74, 6) is 2.08. The molecule has 1 aliphatic rings. The van der Waals surface area contributed by atoms with Crippen LogP contribution in [0.15, 0.2) is 79.4 Å². The van der Waals surface area contributed by atoms with Crippen LogP contribution in [0.25, 0.3) is 26.8 Å². The Morgan fingerprint density at radius 3 is 2.56 bits per heavy atom. The molecule has 0 unspecified atom stereocenters. The second-order valence-electron chi connectivity index (χ2n) is 9.09. The van der Waals surface area contributed by atoms with E-state index in [-0.39, 0.29) is 5.75 Å². The first-order valence-electron chi connectivity index (χ1n) is 12.1. The van der Waals surface area contributed by atoms with Crippen LogP contribution in [0.4, 0.5) is 0 Å². The molecule has 0 saturated carbocycles. The van der Waals surface area contributed by atoms with Gasteiger partial charge in [0.15, 0.2) is 0 Å². The maximum absolute atomic E-state index is 10.0. The lowest BCUT2D eigenvalue weighted by atomic mass is 9.96. The SMILES string of the molecule is C=C(c1ccccc1)c1sc2cc(O)ccc2c1-c1ccc(OCCCN2CC(CC)C2)cc1. The highest BCUT2D eigenvalue weighted by Crippen LogP contribution is 2.44. The molecule has 1 N–H and O–H groups in total. The highest BCUT2D eigenvalue weighted by atomic mass is 32.1. The van der Waals surface area contributed by atoms with Crippen LogP contribution in [-0.2, 0) is 0 Å². The van der Waals surface area contributed by atoms with E-state index >= 15 is 0 Å². The molecule has 3 aromatic carbocycles. The second kappa shape index (κ2) is 10.0. The molecule has 1 aliphatic heterocycles. The fraction of sp³-hybridized carbons (Fsp3) is 0.267. The third-order valence-electron chi connectivity index (χ3n) is 6.71. The average Bonchev–Trinajstić information content (AvgIpc) is 3.21. The Kier molecular flexibility index (Phi) is 6.70. The predicted octanol–water partition coefficient (Wildman–Crippen LogP) is 7.45. The van der Waals surface area contributed by atoms with E-state index < -0.39 is 0 Å². The van der Waals surface area contributed by atoms with E-state index in [2.05, 4.69) is 54.8 Å². The fourth-order valence-corrected chi connectivity index (χ4v) is 5.92. The van der Waals surface area contributed by atoms with Crippen LogP contribution in [0, 0.1) is 5.92 Å². The third-order valence-corrected chi connectivity index (χ3v) is 7.92. The van der Waals surface area contributed by atoms with Crippen molar-refractivity contribution in [2.75, 3.05) is 26.2 Å². The maximum atomic E-state index is 10.0. The van der Waals surface area contributed by atoms with E-state index in [0.29, 0.717) is 0 Å². The molecule has 0 bridgehead atoms. The Morgan fingerprint density at radius 2 is 1.82 bits per heavy atom. The van der Waals surface area contributed by atoms with Crippen molar-refractivity contribution in [1.29, 1.82) is 0 Å². The summed E-state index contributed by atoms with van der Waals surface area (Å²) in [5.41, 5.74) is 4.38. The van der Waals surface area contributed by atoms with Crippen molar-refractivity contribution in [1.82, 2.24) is 4.90 Å². The minimum Gasteiger partial charge on any atom is -0.508 e. The molecule has 34 heavy (non-hydrogen) atoms. The second-order valence-corrected chi connectivity index (χ2v) is 10.1. The predicted molar refractivity (Wildman–Crippen MR) is 144 cm³/mol. The van der Waals surface area contributed by atoms with Crippen LogP contribution in [0.5, 0.6) is 11.5 Å². The Morgan fingerprint density at radius 1 is 1.06 bits per heavy atom. The summed E-state index contributed by atoms with van der Waals surface area (Å²) < 4.78 is 7.08. The van der Waals surface area contributed by atoms with Gasteiger partial charge in [-0.05, 0) is 59.4 Å². The zero-order valence-corrected chi connectivity index (χ0v) is 20.5. The summed E-state index contributed by atoms with van der Waals surface area (Å²) in [7, 11) is 0. The summed E-state index contributed by atoms with van der Waals surface area (Å²) in [6, 6.07) is 24.3. The van der Waals surface area contributed by atoms with Gasteiger partial charge in [-0.25, -0.2) is 0 Å². The Bertz CT molecular complexity index is 1270. The average molecular weight is 470 g/mol. The minimum absolute atomic E-state index is 0.282. The summed E-state index contributed by atoms with van der Waals surface area (Å²) in [6.45, 7) is 11.0. The number of phenols is 1. The number of hydrogen-bond acceptors (Lipinski definition) is 4. The van der Waals surface area contributed by atoms with Gasteiger partial charge in [-0.15, -0.1) is 11.3 Å². The van der Waals surface area contributed by atoms with Crippen LogP contribution in [0.2, 0.25) is 0 Å². The molecule has 1 aromatic heterocycles. The van der Waals surface area contributed by atoms with Gasteiger partial charge in [0.1, 0.15) is 11.5 Å². The Balaban J connectivity index is 1.34. The topological polar surface area (TPSA) is 32.7 Å². The van der Waals surface area contributed by atoms with E-state index in [4.69, 9.17) is 4.74 Å². The number of likely N-dealkylation sites (tertiary alicyclic amines) is 1. The molecule has 0 spiro atoms. The molecule has 0 amide bonds. The van der Waals surface area contributed by atoms with Crippen molar-refractivity contribution in [3.63, 3.8) is 0 Å². The van der Waals surface area contributed by atoms with Crippen LogP contribution >= 0.6 is 11.3 Å². The van der Waals surface area contributed by atoms with Crippen molar-refractivity contribution in [3.05, 3.63) is 89.8 Å². The van der Waals surface area contributed by atoms with Gasteiger partial charge in [0.05, 0.1) is 6.61 Å². The lowest BCUT2D eigenvalue weighted by Crippen LogP contribution is -2.46. The molecule has 0 radical (unpaired) electrons. The number of ether oxygens (including phenoxy) is 1. The lowest BCUT2D eigenvalue weighted by Gasteiger charge is -2.38. The van der Waals surface area contributed by atoms with Gasteiger partial charge in [-0.3, -0.25) is 0 Å². The highest BCUT2D eigenvalue weighted by molar-refractivity contribution is 7.20. The number of hydrogen-bond donors (Lipinski definition) is 1. The Hall–Kier alpha value is -3.08. The number of benzene rings is 3. The minimum atomic E-state index is 0.282. The molecule has 1 saturated heterocycles. The first kappa shape index (κ1) is 22.7. The molecule has 1 fully saturated rings. The van der Waals surface area contributed by atoms with Gasteiger partial charge in [-0.2, -0.15) is 0 Å². The maximum Gasteiger partial charge on any atom is 0.119 e. The molecular formula is C30H31NO2S. The van der Waals surface area contributed by atoms with Crippen molar-refractivity contribution in [2.24, 2.45) is 5.92 Å². The molecule has 0 aliphatic carbocycles. The fourth-order valence-electron chi connectivity index (χ4n) is 4.67. The van der Waals surface area contributed by atoms with Gasteiger partial charge in [-0.1, -0.05) is 62.4 Å². The molecule has 3 nitrogen and oxygen atoms in total. The number of phenolic OH excluding ortho intramolecular Hbond substituents is 1. The summed E-state index contributed by atoms with van der Waals surface area (Å²) in [4.78, 5) is 3.64. The summed E-state index contributed by atoms with van der Waals surface area (Å²) in [6.07, 6.45) is 2.35. The van der Waals surface area contributed by atoms with Crippen molar-refractivity contribution in [2.45, 2.75) is 19.8 Å². The quantitative estimate of drug-likeness (QED) is 0.258. The number of fused-ring (bicyclic) bond motifs is 1. The zero-order valence-electron chi connectivity index (χ0n) is 19.7. The normalized spacial score (nSPS) is 14.3. The largest absolute Gasteiger partial charge is 0.508 e. The van der Waals surface area contributed by atoms with Crippen LogP contribution in [0.1, 0.15) is 30.2 Å².